The number of nitrogens with one attached hydrogen (secondary N) is 3. The average molecular weight is 434 g/mol. The van der Waals surface area contributed by atoms with E-state index >= 15 is 0 Å². The molecule has 1 saturated heterocycles. The third-order valence-electron chi connectivity index (χ3n) is 5.57. The van der Waals surface area contributed by atoms with Crippen molar-refractivity contribution < 1.29 is 24.0 Å². The van der Waals surface area contributed by atoms with E-state index in [1.165, 1.54) is 4.90 Å². The fourth-order valence-electron chi connectivity index (χ4n) is 3.84. The topological polar surface area (TPSA) is 125 Å². The summed E-state index contributed by atoms with van der Waals surface area (Å²) in [6.45, 7) is 1.79. The minimum absolute atomic E-state index is 0.185. The number of nitrogens with zero attached hydrogens (tertiary/aromatic N) is 1. The monoisotopic (exact) mass is 434 g/mol. The van der Waals surface area contributed by atoms with E-state index in [-0.39, 0.29) is 37.1 Å². The highest BCUT2D eigenvalue weighted by Gasteiger charge is 2.39. The number of piperidine rings is 1. The van der Waals surface area contributed by atoms with Gasteiger partial charge in [0.25, 0.3) is 11.8 Å². The minimum atomic E-state index is -0.780. The van der Waals surface area contributed by atoms with E-state index in [4.69, 9.17) is 0 Å². The largest absolute Gasteiger partial charge is 0.341 e. The lowest BCUT2D eigenvalue weighted by Gasteiger charge is -2.29. The molecule has 2 atom stereocenters. The standard InChI is InChI=1S/C23H22N4O5/c1-13(24-21(30)14-5-3-2-4-6-14)20(29)25-16-7-8-17-15(11-16)12-27(23(17)32)18-9-10-19(28)26-22(18)31/h2-8,11,13,18H,9-10,12H2,1H3,(H,24,30)(H,25,29)(H,26,28,31)/t13-,18?/m0/s1. The molecule has 5 amide bonds. The second-order valence-electron chi connectivity index (χ2n) is 7.82. The molecule has 2 aliphatic rings. The van der Waals surface area contributed by atoms with Crippen molar-refractivity contribution >= 4 is 35.2 Å². The van der Waals surface area contributed by atoms with Gasteiger partial charge >= 0.3 is 0 Å². The highest BCUT2D eigenvalue weighted by molar-refractivity contribution is 6.06. The van der Waals surface area contributed by atoms with Gasteiger partial charge in [0.1, 0.15) is 12.1 Å². The van der Waals surface area contributed by atoms with Crippen molar-refractivity contribution in [2.75, 3.05) is 5.32 Å². The van der Waals surface area contributed by atoms with Gasteiger partial charge in [0.2, 0.25) is 17.7 Å². The maximum Gasteiger partial charge on any atom is 0.255 e. The molecule has 4 rings (SSSR count). The van der Waals surface area contributed by atoms with Gasteiger partial charge in [0, 0.05) is 29.8 Å². The summed E-state index contributed by atoms with van der Waals surface area (Å²) in [6, 6.07) is 12.0. The van der Waals surface area contributed by atoms with E-state index in [1.54, 1.807) is 55.5 Å². The fourth-order valence-corrected chi connectivity index (χ4v) is 3.84. The van der Waals surface area contributed by atoms with Crippen LogP contribution in [0.1, 0.15) is 46.0 Å². The molecule has 9 heteroatoms. The van der Waals surface area contributed by atoms with Gasteiger partial charge in [-0.15, -0.1) is 0 Å². The quantitative estimate of drug-likeness (QED) is 0.610. The summed E-state index contributed by atoms with van der Waals surface area (Å²) in [4.78, 5) is 62.5. The van der Waals surface area contributed by atoms with Crippen LogP contribution in [0.15, 0.2) is 48.5 Å². The van der Waals surface area contributed by atoms with E-state index in [0.29, 0.717) is 22.4 Å². The van der Waals surface area contributed by atoms with E-state index in [2.05, 4.69) is 16.0 Å². The summed E-state index contributed by atoms with van der Waals surface area (Å²) >= 11 is 0. The Morgan fingerprint density at radius 1 is 1.09 bits per heavy atom. The number of benzene rings is 2. The molecule has 2 aromatic rings. The van der Waals surface area contributed by atoms with Crippen molar-refractivity contribution in [3.05, 3.63) is 65.2 Å². The molecule has 2 aromatic carbocycles. The molecule has 0 aromatic heterocycles. The fraction of sp³-hybridized carbons (Fsp3) is 0.261. The first-order valence-corrected chi connectivity index (χ1v) is 10.3. The first kappa shape index (κ1) is 21.2. The SMILES string of the molecule is C[C@H](NC(=O)c1ccccc1)C(=O)Nc1ccc2c(c1)CN(C1CCC(=O)NC1=O)C2=O. The summed E-state index contributed by atoms with van der Waals surface area (Å²) < 4.78 is 0. The van der Waals surface area contributed by atoms with E-state index < -0.39 is 23.9 Å². The normalized spacial score (nSPS) is 18.6. The minimum Gasteiger partial charge on any atom is -0.341 e. The number of hydrogen-bond donors (Lipinski definition) is 3. The van der Waals surface area contributed by atoms with Crippen molar-refractivity contribution in [1.82, 2.24) is 15.5 Å². The second kappa shape index (κ2) is 8.62. The predicted molar refractivity (Wildman–Crippen MR) is 114 cm³/mol. The second-order valence-corrected chi connectivity index (χ2v) is 7.82. The Hall–Kier alpha value is -4.01. The Balaban J connectivity index is 1.40. The van der Waals surface area contributed by atoms with Gasteiger partial charge in [0.05, 0.1) is 0 Å². The van der Waals surface area contributed by atoms with E-state index in [1.807, 2.05) is 0 Å². The Morgan fingerprint density at radius 3 is 2.56 bits per heavy atom. The lowest BCUT2D eigenvalue weighted by molar-refractivity contribution is -0.137. The number of anilines is 1. The Bertz CT molecular complexity index is 1110. The molecular formula is C23H22N4O5. The molecule has 0 bridgehead atoms. The molecule has 9 nitrogen and oxygen atoms in total. The van der Waals surface area contributed by atoms with Crippen LogP contribution < -0.4 is 16.0 Å². The zero-order chi connectivity index (χ0) is 22.8. The Morgan fingerprint density at radius 2 is 1.84 bits per heavy atom. The molecule has 32 heavy (non-hydrogen) atoms. The van der Waals surface area contributed by atoms with Crippen LogP contribution in [0.4, 0.5) is 5.69 Å². The number of hydrogen-bond acceptors (Lipinski definition) is 5. The van der Waals surface area contributed by atoms with Gasteiger partial charge in [-0.1, -0.05) is 18.2 Å². The molecular weight excluding hydrogens is 412 g/mol. The highest BCUT2D eigenvalue weighted by Crippen LogP contribution is 2.29. The molecule has 0 saturated carbocycles. The summed E-state index contributed by atoms with van der Waals surface area (Å²) in [5, 5.41) is 7.66. The lowest BCUT2D eigenvalue weighted by atomic mass is 10.0. The molecule has 3 N–H and O–H groups in total. The maximum absolute atomic E-state index is 12.7. The van der Waals surface area contributed by atoms with Gasteiger partial charge in [-0.05, 0) is 49.2 Å². The van der Waals surface area contributed by atoms with Gasteiger partial charge in [-0.3, -0.25) is 29.3 Å². The van der Waals surface area contributed by atoms with E-state index in [0.717, 1.165) is 0 Å². The smallest absolute Gasteiger partial charge is 0.255 e. The zero-order valence-corrected chi connectivity index (χ0v) is 17.4. The van der Waals surface area contributed by atoms with Crippen LogP contribution in [-0.4, -0.2) is 46.5 Å². The molecule has 0 radical (unpaired) electrons. The van der Waals surface area contributed by atoms with Gasteiger partial charge < -0.3 is 15.5 Å². The number of rotatable bonds is 5. The first-order chi connectivity index (χ1) is 15.3. The molecule has 2 heterocycles. The molecule has 0 spiro atoms. The third kappa shape index (κ3) is 4.22. The Labute approximate surface area is 184 Å². The summed E-state index contributed by atoms with van der Waals surface area (Å²) in [7, 11) is 0. The summed E-state index contributed by atoms with van der Waals surface area (Å²) in [6.07, 6.45) is 0.469. The zero-order valence-electron chi connectivity index (χ0n) is 17.4. The molecule has 1 fully saturated rings. The molecule has 164 valence electrons. The van der Waals surface area contributed by atoms with Crippen LogP contribution in [0.2, 0.25) is 0 Å². The number of fused-ring (bicyclic) bond motifs is 1. The van der Waals surface area contributed by atoms with Crippen molar-refractivity contribution in [2.24, 2.45) is 0 Å². The van der Waals surface area contributed by atoms with Crippen molar-refractivity contribution in [3.63, 3.8) is 0 Å². The maximum atomic E-state index is 12.7. The number of imide groups is 1. The van der Waals surface area contributed by atoms with Crippen LogP contribution in [0.5, 0.6) is 0 Å². The highest BCUT2D eigenvalue weighted by atomic mass is 16.2. The lowest BCUT2D eigenvalue weighted by Crippen LogP contribution is -2.52. The Kier molecular flexibility index (Phi) is 5.72. The first-order valence-electron chi connectivity index (χ1n) is 10.3. The molecule has 1 unspecified atom stereocenters. The van der Waals surface area contributed by atoms with Crippen LogP contribution in [-0.2, 0) is 20.9 Å². The number of carbonyl (C=O) groups is 5. The van der Waals surface area contributed by atoms with Crippen LogP contribution in [0, 0.1) is 0 Å². The third-order valence-corrected chi connectivity index (χ3v) is 5.57. The van der Waals surface area contributed by atoms with Crippen LogP contribution >= 0.6 is 0 Å². The van der Waals surface area contributed by atoms with Gasteiger partial charge in [0.15, 0.2) is 0 Å². The average Bonchev–Trinajstić information content (AvgIpc) is 3.09. The van der Waals surface area contributed by atoms with Crippen molar-refractivity contribution in [1.29, 1.82) is 0 Å². The van der Waals surface area contributed by atoms with Gasteiger partial charge in [-0.2, -0.15) is 0 Å². The van der Waals surface area contributed by atoms with E-state index in [9.17, 15) is 24.0 Å². The van der Waals surface area contributed by atoms with Gasteiger partial charge in [-0.25, -0.2) is 0 Å². The summed E-state index contributed by atoms with van der Waals surface area (Å²) in [5.74, 6) is -1.85. The predicted octanol–water partition coefficient (Wildman–Crippen LogP) is 1.20. The van der Waals surface area contributed by atoms with Crippen molar-refractivity contribution in [2.45, 2.75) is 38.4 Å². The number of carbonyl (C=O) groups excluding carboxylic acids is 5. The van der Waals surface area contributed by atoms with Crippen molar-refractivity contribution in [3.8, 4) is 0 Å². The summed E-state index contributed by atoms with van der Waals surface area (Å²) in [5.41, 5.74) is 2.07. The van der Waals surface area contributed by atoms with Crippen LogP contribution in [0.3, 0.4) is 0 Å². The van der Waals surface area contributed by atoms with Crippen LogP contribution in [0.25, 0.3) is 0 Å². The number of amides is 5. The molecule has 0 aliphatic carbocycles. The molecule has 2 aliphatic heterocycles.